The fourth-order valence-corrected chi connectivity index (χ4v) is 2.23. The molecule has 0 saturated carbocycles. The maximum absolute atomic E-state index is 12.1. The van der Waals surface area contributed by atoms with Crippen LogP contribution in [0.5, 0.6) is 5.75 Å². The molecule has 0 amide bonds. The largest absolute Gasteiger partial charge is 0.508 e. The van der Waals surface area contributed by atoms with E-state index in [1.165, 1.54) is 0 Å². The first-order valence-corrected chi connectivity index (χ1v) is 7.10. The van der Waals surface area contributed by atoms with E-state index in [4.69, 9.17) is 0 Å². The van der Waals surface area contributed by atoms with E-state index in [1.807, 2.05) is 51.1 Å². The summed E-state index contributed by atoms with van der Waals surface area (Å²) in [5.41, 5.74) is 3.48. The highest BCUT2D eigenvalue weighted by Crippen LogP contribution is 2.29. The molecule has 2 rings (SSSR count). The Morgan fingerprint density at radius 2 is 1.81 bits per heavy atom. The number of benzene rings is 2. The number of phenolic OH excluding ortho intramolecular Hbond substituents is 1. The number of aryl methyl sites for hydroxylation is 1. The van der Waals surface area contributed by atoms with Crippen LogP contribution in [0.3, 0.4) is 0 Å². The second-order valence-corrected chi connectivity index (χ2v) is 5.49. The number of hydrogen-bond donors (Lipinski definition) is 1. The molecule has 0 atom stereocenters. The van der Waals surface area contributed by atoms with Gasteiger partial charge in [-0.25, -0.2) is 0 Å². The highest BCUT2D eigenvalue weighted by Gasteiger charge is 2.09. The molecule has 0 aliphatic rings. The molecule has 0 fully saturated rings. The van der Waals surface area contributed by atoms with Crippen molar-refractivity contribution < 1.29 is 9.90 Å². The number of carbonyl (C=O) groups excluding carboxylic acids is 1. The number of allylic oxidation sites excluding steroid dienone is 1. The minimum atomic E-state index is -0.0193. The van der Waals surface area contributed by atoms with Crippen molar-refractivity contribution in [1.29, 1.82) is 0 Å². The average Bonchev–Trinajstić information content (AvgIpc) is 2.46. The Morgan fingerprint density at radius 1 is 1.14 bits per heavy atom. The Hall–Kier alpha value is -2.35. The number of phenols is 1. The predicted molar refractivity (Wildman–Crippen MR) is 86.7 cm³/mol. The van der Waals surface area contributed by atoms with Crippen molar-refractivity contribution in [3.05, 3.63) is 70.8 Å². The van der Waals surface area contributed by atoms with Gasteiger partial charge in [0, 0.05) is 5.56 Å². The third kappa shape index (κ3) is 3.60. The van der Waals surface area contributed by atoms with Gasteiger partial charge in [-0.3, -0.25) is 4.79 Å². The first-order chi connectivity index (χ1) is 9.99. The molecule has 2 heteroatoms. The number of hydrogen-bond acceptors (Lipinski definition) is 2. The van der Waals surface area contributed by atoms with Crippen molar-refractivity contribution in [2.75, 3.05) is 0 Å². The first-order valence-electron chi connectivity index (χ1n) is 7.10. The molecular weight excluding hydrogens is 260 g/mol. The lowest BCUT2D eigenvalue weighted by Gasteiger charge is -2.11. The Labute approximate surface area is 125 Å². The van der Waals surface area contributed by atoms with E-state index in [0.717, 1.165) is 16.7 Å². The lowest BCUT2D eigenvalue weighted by molar-refractivity contribution is 0.104. The van der Waals surface area contributed by atoms with Gasteiger partial charge in [0.2, 0.25) is 0 Å². The normalized spacial score (nSPS) is 11.2. The molecular formula is C19H20O2. The molecule has 0 aromatic heterocycles. The molecule has 0 heterocycles. The molecule has 1 N–H and O–H groups in total. The summed E-state index contributed by atoms with van der Waals surface area (Å²) < 4.78 is 0. The minimum absolute atomic E-state index is 0.0193. The van der Waals surface area contributed by atoms with Gasteiger partial charge in [-0.15, -0.1) is 0 Å². The van der Waals surface area contributed by atoms with Gasteiger partial charge >= 0.3 is 0 Å². The van der Waals surface area contributed by atoms with E-state index in [0.29, 0.717) is 11.3 Å². The molecule has 0 unspecified atom stereocenters. The maximum Gasteiger partial charge on any atom is 0.185 e. The van der Waals surface area contributed by atoms with E-state index in [9.17, 15) is 9.90 Å². The highest BCUT2D eigenvalue weighted by molar-refractivity contribution is 6.06. The van der Waals surface area contributed by atoms with Gasteiger partial charge in [-0.05, 0) is 47.7 Å². The molecule has 21 heavy (non-hydrogen) atoms. The van der Waals surface area contributed by atoms with Crippen molar-refractivity contribution >= 4 is 11.9 Å². The van der Waals surface area contributed by atoms with Crippen LogP contribution in [0.2, 0.25) is 0 Å². The summed E-state index contributed by atoms with van der Waals surface area (Å²) in [6.07, 6.45) is 3.40. The zero-order valence-corrected chi connectivity index (χ0v) is 12.6. The summed E-state index contributed by atoms with van der Waals surface area (Å²) in [6.45, 7) is 6.00. The molecule has 2 aromatic rings. The summed E-state index contributed by atoms with van der Waals surface area (Å²) in [4.78, 5) is 12.1. The summed E-state index contributed by atoms with van der Waals surface area (Å²) in [6, 6.07) is 12.9. The van der Waals surface area contributed by atoms with E-state index in [1.54, 1.807) is 24.3 Å². The summed E-state index contributed by atoms with van der Waals surface area (Å²) in [5.74, 6) is 0.533. The Bertz CT molecular complexity index is 667. The van der Waals surface area contributed by atoms with Crippen LogP contribution in [0, 0.1) is 6.92 Å². The van der Waals surface area contributed by atoms with E-state index >= 15 is 0 Å². The number of aromatic hydroxyl groups is 1. The standard InChI is InChI=1S/C19H20O2/c1-13(2)17-12-16(14(3)11-19(17)21)9-10-18(20)15-7-5-4-6-8-15/h4-13,21H,1-3H3/b10-9+. The van der Waals surface area contributed by atoms with Crippen LogP contribution in [-0.2, 0) is 0 Å². The summed E-state index contributed by atoms with van der Waals surface area (Å²) >= 11 is 0. The molecule has 0 saturated heterocycles. The molecule has 108 valence electrons. The van der Waals surface area contributed by atoms with Crippen LogP contribution in [0.15, 0.2) is 48.5 Å². The maximum atomic E-state index is 12.1. The van der Waals surface area contributed by atoms with Crippen molar-refractivity contribution in [3.63, 3.8) is 0 Å². The quantitative estimate of drug-likeness (QED) is 0.650. The third-order valence-electron chi connectivity index (χ3n) is 3.51. The van der Waals surface area contributed by atoms with Gasteiger partial charge in [-0.2, -0.15) is 0 Å². The van der Waals surface area contributed by atoms with Gasteiger partial charge < -0.3 is 5.11 Å². The van der Waals surface area contributed by atoms with Crippen molar-refractivity contribution in [2.24, 2.45) is 0 Å². The molecule has 0 spiro atoms. The molecule has 2 nitrogen and oxygen atoms in total. The predicted octanol–water partition coefficient (Wildman–Crippen LogP) is 4.72. The smallest absolute Gasteiger partial charge is 0.185 e. The monoisotopic (exact) mass is 280 g/mol. The summed E-state index contributed by atoms with van der Waals surface area (Å²) in [5, 5.41) is 9.95. The number of ketones is 1. The van der Waals surface area contributed by atoms with Crippen LogP contribution in [-0.4, -0.2) is 10.9 Å². The minimum Gasteiger partial charge on any atom is -0.508 e. The molecule has 2 aromatic carbocycles. The number of carbonyl (C=O) groups is 1. The van der Waals surface area contributed by atoms with Crippen LogP contribution in [0.25, 0.3) is 6.08 Å². The molecule has 0 aliphatic heterocycles. The van der Waals surface area contributed by atoms with E-state index in [2.05, 4.69) is 0 Å². The second kappa shape index (κ2) is 6.40. The third-order valence-corrected chi connectivity index (χ3v) is 3.51. The van der Waals surface area contributed by atoms with E-state index in [-0.39, 0.29) is 11.7 Å². The number of rotatable bonds is 4. The second-order valence-electron chi connectivity index (χ2n) is 5.49. The van der Waals surface area contributed by atoms with Crippen molar-refractivity contribution in [3.8, 4) is 5.75 Å². The van der Waals surface area contributed by atoms with Gasteiger partial charge in [0.25, 0.3) is 0 Å². The highest BCUT2D eigenvalue weighted by atomic mass is 16.3. The van der Waals surface area contributed by atoms with Crippen molar-refractivity contribution in [1.82, 2.24) is 0 Å². The Balaban J connectivity index is 2.29. The van der Waals surface area contributed by atoms with Gasteiger partial charge in [0.05, 0.1) is 0 Å². The van der Waals surface area contributed by atoms with Crippen molar-refractivity contribution in [2.45, 2.75) is 26.7 Å². The van der Waals surface area contributed by atoms with Gasteiger partial charge in [-0.1, -0.05) is 50.3 Å². The molecule has 0 aliphatic carbocycles. The lowest BCUT2D eigenvalue weighted by Crippen LogP contribution is -1.95. The zero-order valence-electron chi connectivity index (χ0n) is 12.6. The SMILES string of the molecule is Cc1cc(O)c(C(C)C)cc1/C=C/C(=O)c1ccccc1. The molecule has 0 bridgehead atoms. The fraction of sp³-hybridized carbons (Fsp3) is 0.211. The van der Waals surface area contributed by atoms with E-state index < -0.39 is 0 Å². The van der Waals surface area contributed by atoms with Gasteiger partial charge in [0.1, 0.15) is 5.75 Å². The topological polar surface area (TPSA) is 37.3 Å². The first kappa shape index (κ1) is 15.0. The lowest BCUT2D eigenvalue weighted by atomic mass is 9.96. The molecule has 0 radical (unpaired) electrons. The Morgan fingerprint density at radius 3 is 2.43 bits per heavy atom. The fourth-order valence-electron chi connectivity index (χ4n) is 2.23. The van der Waals surface area contributed by atoms with Gasteiger partial charge in [0.15, 0.2) is 5.78 Å². The van der Waals surface area contributed by atoms with Crippen LogP contribution >= 0.6 is 0 Å². The van der Waals surface area contributed by atoms with Crippen LogP contribution < -0.4 is 0 Å². The zero-order chi connectivity index (χ0) is 15.4. The summed E-state index contributed by atoms with van der Waals surface area (Å²) in [7, 11) is 0. The van der Waals surface area contributed by atoms with Crippen LogP contribution in [0.1, 0.15) is 46.8 Å². The average molecular weight is 280 g/mol. The van der Waals surface area contributed by atoms with Crippen LogP contribution in [0.4, 0.5) is 0 Å². The Kier molecular flexibility index (Phi) is 4.59.